The van der Waals surface area contributed by atoms with Crippen LogP contribution in [0.3, 0.4) is 0 Å². The highest BCUT2D eigenvalue weighted by Gasteiger charge is 2.49. The van der Waals surface area contributed by atoms with Gasteiger partial charge in [-0.15, -0.1) is 0 Å². The number of thioether (sulfide) groups is 1. The van der Waals surface area contributed by atoms with E-state index in [0.29, 0.717) is 5.17 Å². The molecule has 1 N–H and O–H groups in total. The van der Waals surface area contributed by atoms with E-state index >= 15 is 0 Å². The van der Waals surface area contributed by atoms with Crippen LogP contribution in [0.1, 0.15) is 26.3 Å². The lowest BCUT2D eigenvalue weighted by Crippen LogP contribution is -2.38. The molecular formula is C19H25N3O5S2. The lowest BCUT2D eigenvalue weighted by molar-refractivity contribution is -0.117. The number of benzene rings is 1. The van der Waals surface area contributed by atoms with E-state index in [4.69, 9.17) is 4.74 Å². The number of hydrogen-bond acceptors (Lipinski definition) is 6. The molecule has 2 amide bonds. The molecule has 0 radical (unpaired) electrons. The van der Waals surface area contributed by atoms with Gasteiger partial charge in [-0.2, -0.15) is 4.99 Å². The molecule has 2 saturated heterocycles. The second-order valence-corrected chi connectivity index (χ2v) is 11.5. The molecule has 0 aromatic heterocycles. The highest BCUT2D eigenvalue weighted by molar-refractivity contribution is 8.16. The van der Waals surface area contributed by atoms with E-state index in [1.165, 1.54) is 11.8 Å². The number of hydrogen-bond donors (Lipinski definition) is 1. The van der Waals surface area contributed by atoms with Crippen LogP contribution in [0.4, 0.5) is 10.5 Å². The molecule has 158 valence electrons. The van der Waals surface area contributed by atoms with Crippen LogP contribution in [0.5, 0.6) is 0 Å². The summed E-state index contributed by atoms with van der Waals surface area (Å²) in [6.07, 6.45) is -0.691. The largest absolute Gasteiger partial charge is 0.444 e. The molecule has 1 aromatic rings. The molecule has 0 bridgehead atoms. The number of carbonyl (C=O) groups excluding carboxylic acids is 2. The fourth-order valence-electron chi connectivity index (χ4n) is 3.25. The Morgan fingerprint density at radius 3 is 2.69 bits per heavy atom. The number of nitrogens with zero attached hydrogens (tertiary/aromatic N) is 2. The zero-order valence-corrected chi connectivity index (χ0v) is 18.5. The van der Waals surface area contributed by atoms with Crippen molar-refractivity contribution in [1.29, 1.82) is 0 Å². The van der Waals surface area contributed by atoms with Crippen molar-refractivity contribution < 1.29 is 22.7 Å². The van der Waals surface area contributed by atoms with Crippen LogP contribution in [-0.2, 0) is 19.4 Å². The molecule has 2 aliphatic rings. The van der Waals surface area contributed by atoms with E-state index in [2.05, 4.69) is 10.3 Å². The van der Waals surface area contributed by atoms with Crippen molar-refractivity contribution in [2.45, 2.75) is 44.6 Å². The zero-order valence-electron chi connectivity index (χ0n) is 16.8. The van der Waals surface area contributed by atoms with E-state index in [9.17, 15) is 18.0 Å². The molecule has 2 fully saturated rings. The molecule has 0 spiro atoms. The Morgan fingerprint density at radius 2 is 2.03 bits per heavy atom. The zero-order chi connectivity index (χ0) is 21.4. The third kappa shape index (κ3) is 5.51. The predicted molar refractivity (Wildman–Crippen MR) is 114 cm³/mol. The van der Waals surface area contributed by atoms with Crippen molar-refractivity contribution in [3.63, 3.8) is 0 Å². The molecular weight excluding hydrogens is 414 g/mol. The highest BCUT2D eigenvalue weighted by atomic mass is 32.2. The van der Waals surface area contributed by atoms with Crippen LogP contribution in [0, 0.1) is 6.92 Å². The Bertz CT molecular complexity index is 953. The van der Waals surface area contributed by atoms with E-state index in [-0.39, 0.29) is 29.3 Å². The summed E-state index contributed by atoms with van der Waals surface area (Å²) in [5.41, 5.74) is 1.16. The minimum absolute atomic E-state index is 0.0297. The molecule has 2 aliphatic heterocycles. The van der Waals surface area contributed by atoms with Crippen LogP contribution in [0.2, 0.25) is 0 Å². The number of amides is 2. The summed E-state index contributed by atoms with van der Waals surface area (Å²) < 4.78 is 29.3. The lowest BCUT2D eigenvalue weighted by Gasteiger charge is -2.24. The van der Waals surface area contributed by atoms with E-state index < -0.39 is 27.4 Å². The van der Waals surface area contributed by atoms with Gasteiger partial charge in [0, 0.05) is 10.9 Å². The maximum absolute atomic E-state index is 12.3. The smallest absolute Gasteiger partial charge is 0.408 e. The number of alkyl carbamates (subject to hydrolysis) is 1. The lowest BCUT2D eigenvalue weighted by atomic mass is 10.1. The molecule has 29 heavy (non-hydrogen) atoms. The predicted octanol–water partition coefficient (Wildman–Crippen LogP) is 2.12. The number of aryl methyl sites for hydroxylation is 1. The molecule has 1 aromatic carbocycles. The van der Waals surface area contributed by atoms with Gasteiger partial charge in [-0.3, -0.25) is 4.79 Å². The van der Waals surface area contributed by atoms with Crippen molar-refractivity contribution in [3.05, 3.63) is 29.8 Å². The van der Waals surface area contributed by atoms with Crippen LogP contribution < -0.4 is 10.2 Å². The molecule has 10 heteroatoms. The molecule has 2 atom stereocenters. The third-order valence-electron chi connectivity index (χ3n) is 4.35. The number of rotatable bonds is 3. The molecule has 0 aliphatic carbocycles. The van der Waals surface area contributed by atoms with Gasteiger partial charge in [-0.25, -0.2) is 13.2 Å². The van der Waals surface area contributed by atoms with Gasteiger partial charge in [0.15, 0.2) is 15.0 Å². The van der Waals surface area contributed by atoms with Gasteiger partial charge in [0.25, 0.3) is 5.91 Å². The molecule has 0 unspecified atom stereocenters. The average Bonchev–Trinajstić information content (AvgIpc) is 3.02. The number of nitrogens with one attached hydrogen (secondary N) is 1. The Labute approximate surface area is 175 Å². The van der Waals surface area contributed by atoms with Crippen molar-refractivity contribution in [1.82, 2.24) is 5.32 Å². The number of carbonyl (C=O) groups is 2. The van der Waals surface area contributed by atoms with Gasteiger partial charge in [-0.05, 0) is 45.4 Å². The number of aliphatic imine (C=N–C) groups is 1. The Hall–Kier alpha value is -2.07. The Kier molecular flexibility index (Phi) is 5.96. The van der Waals surface area contributed by atoms with Gasteiger partial charge in [-0.1, -0.05) is 23.9 Å². The number of amidine groups is 1. The number of anilines is 1. The summed E-state index contributed by atoms with van der Waals surface area (Å²) in [7, 11) is -3.12. The van der Waals surface area contributed by atoms with Crippen LogP contribution >= 0.6 is 11.8 Å². The van der Waals surface area contributed by atoms with Crippen LogP contribution in [0.15, 0.2) is 29.3 Å². The maximum atomic E-state index is 12.3. The van der Waals surface area contributed by atoms with E-state index in [1.54, 1.807) is 20.8 Å². The van der Waals surface area contributed by atoms with Gasteiger partial charge in [0.1, 0.15) is 12.1 Å². The standard InChI is InChI=1S/C19H25N3O5S2/c1-12-6-5-7-13(8-12)22-14-10-29(25,26)11-15(14)28-17(22)21-16(23)9-20-18(24)27-19(2,3)4/h5-8,14-15H,9-11H2,1-4H3,(H,20,24)/t14-,15-/m0/s1. The quantitative estimate of drug-likeness (QED) is 0.769. The molecule has 2 heterocycles. The average molecular weight is 440 g/mol. The molecule has 3 rings (SSSR count). The first-order valence-electron chi connectivity index (χ1n) is 9.25. The van der Waals surface area contributed by atoms with Crippen molar-refractivity contribution in [3.8, 4) is 0 Å². The fourth-order valence-corrected chi connectivity index (χ4v) is 7.18. The van der Waals surface area contributed by atoms with Crippen molar-refractivity contribution in [2.24, 2.45) is 4.99 Å². The summed E-state index contributed by atoms with van der Waals surface area (Å²) in [6, 6.07) is 7.38. The topological polar surface area (TPSA) is 105 Å². The monoisotopic (exact) mass is 439 g/mol. The van der Waals surface area contributed by atoms with Crippen molar-refractivity contribution >= 4 is 44.5 Å². The van der Waals surface area contributed by atoms with Gasteiger partial charge >= 0.3 is 6.09 Å². The summed E-state index contributed by atoms with van der Waals surface area (Å²) in [4.78, 5) is 30.1. The summed E-state index contributed by atoms with van der Waals surface area (Å²) in [6.45, 7) is 6.85. The van der Waals surface area contributed by atoms with Crippen LogP contribution in [-0.4, -0.2) is 60.5 Å². The highest BCUT2D eigenvalue weighted by Crippen LogP contribution is 2.41. The first kappa shape index (κ1) is 21.6. The van der Waals surface area contributed by atoms with Gasteiger partial charge in [0.2, 0.25) is 0 Å². The minimum Gasteiger partial charge on any atom is -0.444 e. The van der Waals surface area contributed by atoms with Crippen LogP contribution in [0.25, 0.3) is 0 Å². The minimum atomic E-state index is -3.12. The second kappa shape index (κ2) is 7.98. The fraction of sp³-hybridized carbons (Fsp3) is 0.526. The molecule has 0 saturated carbocycles. The SMILES string of the molecule is Cc1cccc(N2C(=NC(=O)CNC(=O)OC(C)(C)C)S[C@H]3CS(=O)(=O)C[C@@H]32)c1. The second-order valence-electron chi connectivity index (χ2n) is 8.15. The van der Waals surface area contributed by atoms with E-state index in [1.807, 2.05) is 36.1 Å². The number of ether oxygens (including phenoxy) is 1. The summed E-state index contributed by atoms with van der Waals surface area (Å²) in [5, 5.41) is 2.68. The van der Waals surface area contributed by atoms with E-state index in [0.717, 1.165) is 11.3 Å². The summed E-state index contributed by atoms with van der Waals surface area (Å²) >= 11 is 1.30. The van der Waals surface area contributed by atoms with Crippen molar-refractivity contribution in [2.75, 3.05) is 23.0 Å². The first-order chi connectivity index (χ1) is 13.4. The molecule has 8 nitrogen and oxygen atoms in total. The Balaban J connectivity index is 1.78. The Morgan fingerprint density at radius 1 is 1.31 bits per heavy atom. The first-order valence-corrected chi connectivity index (χ1v) is 11.9. The maximum Gasteiger partial charge on any atom is 0.408 e. The van der Waals surface area contributed by atoms with Gasteiger partial charge < -0.3 is 15.0 Å². The number of sulfone groups is 1. The third-order valence-corrected chi connectivity index (χ3v) is 7.56. The van der Waals surface area contributed by atoms with Gasteiger partial charge in [0.05, 0.1) is 17.5 Å². The summed E-state index contributed by atoms with van der Waals surface area (Å²) in [5.74, 6) is -0.436. The number of fused-ring (bicyclic) bond motifs is 1. The normalized spacial score (nSPS) is 24.4.